The minimum atomic E-state index is -1.10. The van der Waals surface area contributed by atoms with Crippen molar-refractivity contribution in [1.82, 2.24) is 4.90 Å². The minimum absolute atomic E-state index is 0.0214. The summed E-state index contributed by atoms with van der Waals surface area (Å²) >= 11 is 0. The molecule has 2 aromatic carbocycles. The van der Waals surface area contributed by atoms with E-state index in [1.165, 1.54) is 0 Å². The molecule has 4 nitrogen and oxygen atoms in total. The molecule has 1 N–H and O–H groups in total. The van der Waals surface area contributed by atoms with Crippen LogP contribution in [0.3, 0.4) is 0 Å². The van der Waals surface area contributed by atoms with Crippen LogP contribution in [0.2, 0.25) is 0 Å². The second-order valence-corrected chi connectivity index (χ2v) is 6.40. The maximum absolute atomic E-state index is 12.8. The molecule has 3 rings (SSSR count). The Balaban J connectivity index is 1.87. The predicted molar refractivity (Wildman–Crippen MR) is 93.1 cm³/mol. The summed E-state index contributed by atoms with van der Waals surface area (Å²) in [5, 5.41) is 11.2. The molecular formula is C20H23NO3. The van der Waals surface area contributed by atoms with Gasteiger partial charge in [-0.05, 0) is 49.6 Å². The third-order valence-corrected chi connectivity index (χ3v) is 4.86. The highest BCUT2D eigenvalue weighted by atomic mass is 16.5. The Kier molecular flexibility index (Phi) is 4.58. The molecule has 0 saturated carbocycles. The Morgan fingerprint density at radius 1 is 1.17 bits per heavy atom. The van der Waals surface area contributed by atoms with Crippen molar-refractivity contribution >= 4 is 5.91 Å². The highest BCUT2D eigenvalue weighted by Crippen LogP contribution is 2.36. The van der Waals surface area contributed by atoms with Crippen LogP contribution in [0.4, 0.5) is 0 Å². The second-order valence-electron chi connectivity index (χ2n) is 6.40. The molecule has 1 aliphatic heterocycles. The molecule has 0 aromatic heterocycles. The van der Waals surface area contributed by atoms with E-state index >= 15 is 0 Å². The van der Waals surface area contributed by atoms with Crippen LogP contribution in [0.1, 0.15) is 35.7 Å². The molecule has 0 bridgehead atoms. The van der Waals surface area contributed by atoms with Crippen molar-refractivity contribution in [2.75, 3.05) is 13.7 Å². The first-order chi connectivity index (χ1) is 11.5. The van der Waals surface area contributed by atoms with Crippen LogP contribution in [0.15, 0.2) is 54.6 Å². The van der Waals surface area contributed by atoms with Gasteiger partial charge in [-0.25, -0.2) is 0 Å². The van der Waals surface area contributed by atoms with Crippen molar-refractivity contribution in [3.05, 3.63) is 65.7 Å². The molecule has 1 amide bonds. The van der Waals surface area contributed by atoms with Gasteiger partial charge in [0, 0.05) is 12.1 Å². The summed E-state index contributed by atoms with van der Waals surface area (Å²) in [6, 6.07) is 16.4. The number of nitrogens with zero attached hydrogens (tertiary/aromatic N) is 1. The highest BCUT2D eigenvalue weighted by molar-refractivity contribution is 5.94. The van der Waals surface area contributed by atoms with Gasteiger partial charge in [0.05, 0.1) is 13.2 Å². The molecule has 126 valence electrons. The first-order valence-electron chi connectivity index (χ1n) is 8.27. The van der Waals surface area contributed by atoms with Gasteiger partial charge in [0.1, 0.15) is 11.4 Å². The van der Waals surface area contributed by atoms with E-state index in [0.717, 1.165) is 24.2 Å². The average molecular weight is 325 g/mol. The van der Waals surface area contributed by atoms with Gasteiger partial charge >= 0.3 is 0 Å². The van der Waals surface area contributed by atoms with E-state index in [9.17, 15) is 9.90 Å². The summed E-state index contributed by atoms with van der Waals surface area (Å²) in [6.45, 7) is 2.46. The maximum atomic E-state index is 12.8. The van der Waals surface area contributed by atoms with Crippen LogP contribution in [0.25, 0.3) is 0 Å². The first-order valence-corrected chi connectivity index (χ1v) is 8.27. The quantitative estimate of drug-likeness (QED) is 0.939. The van der Waals surface area contributed by atoms with E-state index < -0.39 is 5.60 Å². The van der Waals surface area contributed by atoms with Gasteiger partial charge in [-0.15, -0.1) is 0 Å². The Morgan fingerprint density at radius 2 is 1.83 bits per heavy atom. The summed E-state index contributed by atoms with van der Waals surface area (Å²) in [7, 11) is 1.62. The van der Waals surface area contributed by atoms with Gasteiger partial charge in [0.15, 0.2) is 0 Å². The van der Waals surface area contributed by atoms with Gasteiger partial charge in [-0.2, -0.15) is 0 Å². The third kappa shape index (κ3) is 3.02. The molecule has 1 saturated heterocycles. The van der Waals surface area contributed by atoms with Crippen molar-refractivity contribution in [3.63, 3.8) is 0 Å². The number of aliphatic hydroxyl groups is 1. The van der Waals surface area contributed by atoms with Crippen molar-refractivity contribution in [2.24, 2.45) is 0 Å². The van der Waals surface area contributed by atoms with Gasteiger partial charge in [0.25, 0.3) is 5.91 Å². The Labute approximate surface area is 142 Å². The van der Waals surface area contributed by atoms with E-state index in [4.69, 9.17) is 4.74 Å². The third-order valence-electron chi connectivity index (χ3n) is 4.86. The summed E-state index contributed by atoms with van der Waals surface area (Å²) in [5.74, 6) is 0.727. The Hall–Kier alpha value is -2.33. The van der Waals surface area contributed by atoms with E-state index in [-0.39, 0.29) is 11.9 Å². The molecule has 0 unspecified atom stereocenters. The SMILES string of the molecule is COc1ccc([C@@](C)(O)[C@@H]2CCCN2C(=O)c2ccccc2)cc1. The van der Waals surface area contributed by atoms with Crippen molar-refractivity contribution in [3.8, 4) is 5.75 Å². The lowest BCUT2D eigenvalue weighted by atomic mass is 9.86. The van der Waals surface area contributed by atoms with E-state index in [0.29, 0.717) is 12.1 Å². The van der Waals surface area contributed by atoms with Crippen molar-refractivity contribution in [1.29, 1.82) is 0 Å². The number of carbonyl (C=O) groups is 1. The zero-order chi connectivity index (χ0) is 17.2. The minimum Gasteiger partial charge on any atom is -0.497 e. The van der Waals surface area contributed by atoms with Crippen molar-refractivity contribution in [2.45, 2.75) is 31.4 Å². The number of benzene rings is 2. The molecule has 1 heterocycles. The fraction of sp³-hybridized carbons (Fsp3) is 0.350. The number of hydrogen-bond acceptors (Lipinski definition) is 3. The lowest BCUT2D eigenvalue weighted by Crippen LogP contribution is -2.48. The smallest absolute Gasteiger partial charge is 0.254 e. The number of amides is 1. The normalized spacial score (nSPS) is 19.8. The van der Waals surface area contributed by atoms with Gasteiger partial charge in [-0.1, -0.05) is 30.3 Å². The fourth-order valence-electron chi connectivity index (χ4n) is 3.46. The average Bonchev–Trinajstić information content (AvgIpc) is 3.12. The lowest BCUT2D eigenvalue weighted by Gasteiger charge is -2.37. The summed E-state index contributed by atoms with van der Waals surface area (Å²) in [4.78, 5) is 14.6. The number of rotatable bonds is 4. The largest absolute Gasteiger partial charge is 0.497 e. The van der Waals surface area contributed by atoms with Crippen molar-refractivity contribution < 1.29 is 14.6 Å². The number of likely N-dealkylation sites (tertiary alicyclic amines) is 1. The molecule has 2 aromatic rings. The standard InChI is InChI=1S/C20H23NO3/c1-20(23,16-10-12-17(24-2)13-11-16)18-9-6-14-21(18)19(22)15-7-4-3-5-8-15/h3-5,7-8,10-13,18,23H,6,9,14H2,1-2H3/t18-,20+/m0/s1. The topological polar surface area (TPSA) is 49.8 Å². The van der Waals surface area contributed by atoms with Crippen LogP contribution >= 0.6 is 0 Å². The fourth-order valence-corrected chi connectivity index (χ4v) is 3.46. The zero-order valence-corrected chi connectivity index (χ0v) is 14.1. The Bertz CT molecular complexity index is 695. The van der Waals surface area contributed by atoms with E-state index in [2.05, 4.69) is 0 Å². The lowest BCUT2D eigenvalue weighted by molar-refractivity contribution is -0.0177. The maximum Gasteiger partial charge on any atom is 0.254 e. The zero-order valence-electron chi connectivity index (χ0n) is 14.1. The van der Waals surface area contributed by atoms with Gasteiger partial charge in [-0.3, -0.25) is 4.79 Å². The monoisotopic (exact) mass is 325 g/mol. The summed E-state index contributed by atoms with van der Waals surface area (Å²) in [6.07, 6.45) is 1.69. The van der Waals surface area contributed by atoms with E-state index in [1.807, 2.05) is 54.6 Å². The van der Waals surface area contributed by atoms with Crippen LogP contribution in [0.5, 0.6) is 5.75 Å². The van der Waals surface area contributed by atoms with Crippen LogP contribution in [-0.4, -0.2) is 35.6 Å². The first kappa shape index (κ1) is 16.5. The summed E-state index contributed by atoms with van der Waals surface area (Å²) < 4.78 is 5.18. The van der Waals surface area contributed by atoms with Crippen LogP contribution in [0, 0.1) is 0 Å². The highest BCUT2D eigenvalue weighted by Gasteiger charge is 2.42. The van der Waals surface area contributed by atoms with Crippen LogP contribution in [-0.2, 0) is 5.60 Å². The molecule has 1 aliphatic rings. The predicted octanol–water partition coefficient (Wildman–Crippen LogP) is 3.21. The molecule has 0 aliphatic carbocycles. The molecule has 24 heavy (non-hydrogen) atoms. The van der Waals surface area contributed by atoms with E-state index in [1.54, 1.807) is 18.9 Å². The molecule has 2 atom stereocenters. The molecule has 1 fully saturated rings. The number of hydrogen-bond donors (Lipinski definition) is 1. The van der Waals surface area contributed by atoms with Crippen LogP contribution < -0.4 is 4.74 Å². The molecule has 0 spiro atoms. The summed E-state index contributed by atoms with van der Waals surface area (Å²) in [5.41, 5.74) is 0.351. The molecule has 0 radical (unpaired) electrons. The number of ether oxygens (including phenoxy) is 1. The van der Waals surface area contributed by atoms with Gasteiger partial charge < -0.3 is 14.7 Å². The molecular weight excluding hydrogens is 302 g/mol. The Morgan fingerprint density at radius 3 is 2.46 bits per heavy atom. The number of carbonyl (C=O) groups excluding carboxylic acids is 1. The number of methoxy groups -OCH3 is 1. The molecule has 4 heteroatoms. The van der Waals surface area contributed by atoms with Gasteiger partial charge in [0.2, 0.25) is 0 Å². The second kappa shape index (κ2) is 6.65.